The first-order valence-corrected chi connectivity index (χ1v) is 9.75. The summed E-state index contributed by atoms with van der Waals surface area (Å²) in [4.78, 5) is 0. The summed E-state index contributed by atoms with van der Waals surface area (Å²) < 4.78 is 2.02. The van der Waals surface area contributed by atoms with Gasteiger partial charge in [0.15, 0.2) is 5.82 Å². The topological polar surface area (TPSA) is 81.7 Å². The minimum atomic E-state index is -0.0949. The molecule has 0 aliphatic heterocycles. The van der Waals surface area contributed by atoms with Gasteiger partial charge in [-0.3, -0.25) is 0 Å². The molecule has 3 N–H and O–H groups in total. The normalized spacial score (nSPS) is 28.0. The van der Waals surface area contributed by atoms with Crippen LogP contribution in [0.5, 0.6) is 0 Å². The van der Waals surface area contributed by atoms with Crippen molar-refractivity contribution in [2.75, 3.05) is 0 Å². The van der Waals surface area contributed by atoms with Crippen molar-refractivity contribution < 1.29 is 0 Å². The molecule has 1 heterocycles. The van der Waals surface area contributed by atoms with Crippen LogP contribution in [-0.2, 0) is 5.54 Å². The molecule has 0 amide bonds. The Hall–Kier alpha value is -1.01. The summed E-state index contributed by atoms with van der Waals surface area (Å²) in [5.74, 6) is 1.66. The van der Waals surface area contributed by atoms with Gasteiger partial charge >= 0.3 is 0 Å². The zero-order chi connectivity index (χ0) is 17.2. The SMILES string of the molecule is CC(C)(C)n1nnnc1C(NC1CCC(N)CC1)C1CCCCC1. The van der Waals surface area contributed by atoms with Gasteiger partial charge in [-0.2, -0.15) is 0 Å². The maximum Gasteiger partial charge on any atom is 0.169 e. The van der Waals surface area contributed by atoms with E-state index in [1.54, 1.807) is 0 Å². The first kappa shape index (κ1) is 17.8. The van der Waals surface area contributed by atoms with E-state index < -0.39 is 0 Å². The van der Waals surface area contributed by atoms with Gasteiger partial charge in [0, 0.05) is 12.1 Å². The van der Waals surface area contributed by atoms with Gasteiger partial charge in [0.05, 0.1) is 11.6 Å². The maximum atomic E-state index is 6.08. The molecule has 1 aromatic rings. The van der Waals surface area contributed by atoms with Crippen LogP contribution in [0.4, 0.5) is 0 Å². The quantitative estimate of drug-likeness (QED) is 0.885. The molecular formula is C18H34N6. The molecule has 1 unspecified atom stereocenters. The van der Waals surface area contributed by atoms with Crippen molar-refractivity contribution in [3.63, 3.8) is 0 Å². The van der Waals surface area contributed by atoms with Crippen molar-refractivity contribution in [3.8, 4) is 0 Å². The molecule has 2 aliphatic rings. The minimum absolute atomic E-state index is 0.0949. The second-order valence-corrected chi connectivity index (χ2v) is 8.77. The lowest BCUT2D eigenvalue weighted by atomic mass is 9.82. The van der Waals surface area contributed by atoms with Crippen molar-refractivity contribution in [2.24, 2.45) is 11.7 Å². The molecule has 3 rings (SSSR count). The van der Waals surface area contributed by atoms with E-state index in [2.05, 4.69) is 41.6 Å². The van der Waals surface area contributed by atoms with Crippen molar-refractivity contribution >= 4 is 0 Å². The molecule has 1 aromatic heterocycles. The van der Waals surface area contributed by atoms with Gasteiger partial charge in [0.25, 0.3) is 0 Å². The van der Waals surface area contributed by atoms with Gasteiger partial charge < -0.3 is 11.1 Å². The highest BCUT2D eigenvalue weighted by molar-refractivity contribution is 5.01. The van der Waals surface area contributed by atoms with Crippen LogP contribution in [0.3, 0.4) is 0 Å². The lowest BCUT2D eigenvalue weighted by Crippen LogP contribution is -2.43. The summed E-state index contributed by atoms with van der Waals surface area (Å²) in [6.45, 7) is 6.51. The number of aromatic nitrogens is 4. The second kappa shape index (κ2) is 7.48. The third-order valence-corrected chi connectivity index (χ3v) is 5.72. The van der Waals surface area contributed by atoms with Crippen LogP contribution >= 0.6 is 0 Å². The zero-order valence-electron chi connectivity index (χ0n) is 15.5. The number of nitrogens with two attached hydrogens (primary N) is 1. The van der Waals surface area contributed by atoms with E-state index in [4.69, 9.17) is 5.73 Å². The van der Waals surface area contributed by atoms with E-state index in [1.807, 2.05) is 4.68 Å². The molecule has 2 fully saturated rings. The summed E-state index contributed by atoms with van der Waals surface area (Å²) in [6.07, 6.45) is 11.2. The molecule has 0 aromatic carbocycles. The van der Waals surface area contributed by atoms with Crippen molar-refractivity contribution in [1.29, 1.82) is 0 Å². The molecule has 0 bridgehead atoms. The molecule has 2 saturated carbocycles. The van der Waals surface area contributed by atoms with Crippen molar-refractivity contribution in [3.05, 3.63) is 5.82 Å². The summed E-state index contributed by atoms with van der Waals surface area (Å²) in [5, 5.41) is 16.7. The van der Waals surface area contributed by atoms with E-state index in [0.29, 0.717) is 18.0 Å². The molecule has 0 spiro atoms. The molecule has 136 valence electrons. The highest BCUT2D eigenvalue weighted by Gasteiger charge is 2.34. The Morgan fingerprint density at radius 3 is 2.33 bits per heavy atom. The predicted molar refractivity (Wildman–Crippen MR) is 95.5 cm³/mol. The lowest BCUT2D eigenvalue weighted by Gasteiger charge is -2.36. The van der Waals surface area contributed by atoms with Gasteiger partial charge in [-0.05, 0) is 75.6 Å². The predicted octanol–water partition coefficient (Wildman–Crippen LogP) is 2.91. The Morgan fingerprint density at radius 2 is 1.71 bits per heavy atom. The first-order valence-electron chi connectivity index (χ1n) is 9.75. The number of hydrogen-bond donors (Lipinski definition) is 2. The number of hydrogen-bond acceptors (Lipinski definition) is 5. The number of nitrogens with zero attached hydrogens (tertiary/aromatic N) is 4. The Morgan fingerprint density at radius 1 is 1.04 bits per heavy atom. The van der Waals surface area contributed by atoms with Gasteiger partial charge in [0.2, 0.25) is 0 Å². The van der Waals surface area contributed by atoms with Gasteiger partial charge in [-0.15, -0.1) is 5.10 Å². The summed E-state index contributed by atoms with van der Waals surface area (Å²) in [5.41, 5.74) is 5.99. The summed E-state index contributed by atoms with van der Waals surface area (Å²) in [6, 6.07) is 1.19. The average molecular weight is 335 g/mol. The molecule has 6 heteroatoms. The Balaban J connectivity index is 1.81. The van der Waals surface area contributed by atoms with Gasteiger partial charge in [0.1, 0.15) is 0 Å². The fourth-order valence-corrected chi connectivity index (χ4v) is 4.29. The van der Waals surface area contributed by atoms with Crippen LogP contribution in [0.2, 0.25) is 0 Å². The molecular weight excluding hydrogens is 300 g/mol. The Labute approximate surface area is 145 Å². The molecule has 1 atom stereocenters. The zero-order valence-corrected chi connectivity index (χ0v) is 15.5. The van der Waals surface area contributed by atoms with Crippen molar-refractivity contribution in [2.45, 2.75) is 102 Å². The number of tetrazole rings is 1. The molecule has 0 radical (unpaired) electrons. The number of nitrogens with one attached hydrogen (secondary N) is 1. The van der Waals surface area contributed by atoms with Crippen LogP contribution in [0, 0.1) is 5.92 Å². The van der Waals surface area contributed by atoms with Crippen LogP contribution in [0.1, 0.15) is 90.4 Å². The third-order valence-electron chi connectivity index (χ3n) is 5.72. The standard InChI is InChI=1S/C18H34N6/c1-18(2,3)24-17(21-22-23-24)16(13-7-5-4-6-8-13)20-15-11-9-14(19)10-12-15/h13-16,20H,4-12,19H2,1-3H3. The van der Waals surface area contributed by atoms with Crippen LogP contribution in [-0.4, -0.2) is 32.3 Å². The highest BCUT2D eigenvalue weighted by atomic mass is 15.6. The highest BCUT2D eigenvalue weighted by Crippen LogP contribution is 2.36. The van der Waals surface area contributed by atoms with E-state index in [1.165, 1.54) is 44.9 Å². The van der Waals surface area contributed by atoms with Crippen LogP contribution in [0.15, 0.2) is 0 Å². The van der Waals surface area contributed by atoms with Crippen LogP contribution < -0.4 is 11.1 Å². The fourth-order valence-electron chi connectivity index (χ4n) is 4.29. The summed E-state index contributed by atoms with van der Waals surface area (Å²) in [7, 11) is 0. The smallest absolute Gasteiger partial charge is 0.169 e. The largest absolute Gasteiger partial charge is 0.328 e. The molecule has 6 nitrogen and oxygen atoms in total. The third kappa shape index (κ3) is 4.14. The van der Waals surface area contributed by atoms with Gasteiger partial charge in [-0.25, -0.2) is 4.68 Å². The maximum absolute atomic E-state index is 6.08. The Bertz CT molecular complexity index is 506. The average Bonchev–Trinajstić information content (AvgIpc) is 3.05. The summed E-state index contributed by atoms with van der Waals surface area (Å²) >= 11 is 0. The lowest BCUT2D eigenvalue weighted by molar-refractivity contribution is 0.206. The fraction of sp³-hybridized carbons (Fsp3) is 0.944. The van der Waals surface area contributed by atoms with Crippen molar-refractivity contribution in [1.82, 2.24) is 25.5 Å². The molecule has 2 aliphatic carbocycles. The van der Waals surface area contributed by atoms with E-state index >= 15 is 0 Å². The van der Waals surface area contributed by atoms with E-state index in [0.717, 1.165) is 18.7 Å². The van der Waals surface area contributed by atoms with E-state index in [9.17, 15) is 0 Å². The molecule has 0 saturated heterocycles. The second-order valence-electron chi connectivity index (χ2n) is 8.77. The van der Waals surface area contributed by atoms with Gasteiger partial charge in [-0.1, -0.05) is 19.3 Å². The monoisotopic (exact) mass is 334 g/mol. The Kier molecular flexibility index (Phi) is 5.55. The number of rotatable bonds is 4. The molecule has 24 heavy (non-hydrogen) atoms. The first-order chi connectivity index (χ1) is 11.4. The minimum Gasteiger partial charge on any atom is -0.328 e. The van der Waals surface area contributed by atoms with Crippen LogP contribution in [0.25, 0.3) is 0 Å². The van der Waals surface area contributed by atoms with E-state index in [-0.39, 0.29) is 11.6 Å².